The summed E-state index contributed by atoms with van der Waals surface area (Å²) in [5.41, 5.74) is 0. The van der Waals surface area contributed by atoms with Crippen LogP contribution in [-0.2, 0) is 0 Å². The van der Waals surface area contributed by atoms with Gasteiger partial charge in [-0.05, 0) is 19.3 Å². The monoisotopic (exact) mass is 180 g/mol. The standard InChI is InChI=1S/C5H6BrCl/c6-4-1-5(7,2-4)3-4/h1-3H2. The molecular weight excluding hydrogens is 175 g/mol. The molecule has 0 aromatic rings. The minimum atomic E-state index is 0.253. The van der Waals surface area contributed by atoms with Crippen LogP contribution in [-0.4, -0.2) is 9.20 Å². The van der Waals surface area contributed by atoms with Gasteiger partial charge in [-0.3, -0.25) is 0 Å². The molecule has 0 heterocycles. The van der Waals surface area contributed by atoms with Gasteiger partial charge in [0.25, 0.3) is 0 Å². The zero-order chi connectivity index (χ0) is 5.12. The minimum Gasteiger partial charge on any atom is -0.119 e. The first-order valence-electron chi connectivity index (χ1n) is 2.50. The van der Waals surface area contributed by atoms with Crippen molar-refractivity contribution in [3.63, 3.8) is 0 Å². The summed E-state index contributed by atoms with van der Waals surface area (Å²) in [4.78, 5) is 0.253. The minimum absolute atomic E-state index is 0.253. The molecule has 2 heteroatoms. The zero-order valence-electron chi connectivity index (χ0n) is 3.88. The summed E-state index contributed by atoms with van der Waals surface area (Å²) in [6.45, 7) is 0. The summed E-state index contributed by atoms with van der Waals surface area (Å²) in [6.07, 6.45) is 3.59. The van der Waals surface area contributed by atoms with Crippen LogP contribution in [0.2, 0.25) is 0 Å². The lowest BCUT2D eigenvalue weighted by atomic mass is 9.55. The maximum absolute atomic E-state index is 5.93. The highest BCUT2D eigenvalue weighted by molar-refractivity contribution is 9.10. The molecule has 0 aromatic heterocycles. The van der Waals surface area contributed by atoms with Crippen LogP contribution in [0.5, 0.6) is 0 Å². The number of hydrogen-bond acceptors (Lipinski definition) is 0. The highest BCUT2D eigenvalue weighted by Crippen LogP contribution is 2.69. The summed E-state index contributed by atoms with van der Waals surface area (Å²) in [7, 11) is 0. The number of alkyl halides is 2. The first-order chi connectivity index (χ1) is 3.12. The Morgan fingerprint density at radius 3 is 1.71 bits per heavy atom. The molecule has 3 fully saturated rings. The second-order valence-corrected chi connectivity index (χ2v) is 5.32. The molecule has 0 radical (unpaired) electrons. The first-order valence-corrected chi connectivity index (χ1v) is 3.67. The normalized spacial score (nSPS) is 66.0. The van der Waals surface area contributed by atoms with Gasteiger partial charge in [-0.15, -0.1) is 11.6 Å². The van der Waals surface area contributed by atoms with E-state index < -0.39 is 0 Å². The van der Waals surface area contributed by atoms with Gasteiger partial charge in [0.05, 0.1) is 0 Å². The molecule has 3 rings (SSSR count). The molecule has 0 saturated heterocycles. The van der Waals surface area contributed by atoms with E-state index in [0.29, 0.717) is 4.32 Å². The van der Waals surface area contributed by atoms with Crippen molar-refractivity contribution >= 4 is 27.5 Å². The Balaban J connectivity index is 2.16. The maximum Gasteiger partial charge on any atom is 0.0486 e. The highest BCUT2D eigenvalue weighted by atomic mass is 79.9. The van der Waals surface area contributed by atoms with E-state index in [1.807, 2.05) is 0 Å². The molecule has 40 valence electrons. The van der Waals surface area contributed by atoms with Crippen molar-refractivity contribution in [2.45, 2.75) is 28.5 Å². The van der Waals surface area contributed by atoms with E-state index in [2.05, 4.69) is 15.9 Å². The second-order valence-electron chi connectivity index (χ2n) is 2.83. The Kier molecular flexibility index (Phi) is 0.599. The van der Waals surface area contributed by atoms with E-state index in [-0.39, 0.29) is 4.87 Å². The fourth-order valence-corrected chi connectivity index (χ4v) is 4.41. The van der Waals surface area contributed by atoms with Crippen LogP contribution >= 0.6 is 27.5 Å². The van der Waals surface area contributed by atoms with Gasteiger partial charge in [0.2, 0.25) is 0 Å². The average molecular weight is 181 g/mol. The number of hydrogen-bond donors (Lipinski definition) is 0. The van der Waals surface area contributed by atoms with E-state index in [1.165, 1.54) is 19.3 Å². The van der Waals surface area contributed by atoms with E-state index in [0.717, 1.165) is 0 Å². The summed E-state index contributed by atoms with van der Waals surface area (Å²) in [5.74, 6) is 0. The lowest BCUT2D eigenvalue weighted by molar-refractivity contribution is 0.0969. The molecule has 0 unspecified atom stereocenters. The molecule has 0 nitrogen and oxygen atoms in total. The Morgan fingerprint density at radius 1 is 1.29 bits per heavy atom. The molecule has 7 heavy (non-hydrogen) atoms. The quantitative estimate of drug-likeness (QED) is 0.503. The Bertz CT molecular complexity index is 89.5. The Hall–Kier alpha value is 0.770. The van der Waals surface area contributed by atoms with Crippen molar-refractivity contribution < 1.29 is 0 Å². The molecule has 0 N–H and O–H groups in total. The molecule has 0 amide bonds. The zero-order valence-corrected chi connectivity index (χ0v) is 6.22. The van der Waals surface area contributed by atoms with E-state index >= 15 is 0 Å². The SMILES string of the molecule is ClC12CC(Br)(C1)C2. The van der Waals surface area contributed by atoms with Gasteiger partial charge in [0.15, 0.2) is 0 Å². The van der Waals surface area contributed by atoms with Crippen molar-refractivity contribution in [1.29, 1.82) is 0 Å². The van der Waals surface area contributed by atoms with Crippen LogP contribution in [0.4, 0.5) is 0 Å². The molecular formula is C5H6BrCl. The van der Waals surface area contributed by atoms with Crippen LogP contribution in [0.3, 0.4) is 0 Å². The highest BCUT2D eigenvalue weighted by Gasteiger charge is 2.65. The van der Waals surface area contributed by atoms with Gasteiger partial charge in [-0.25, -0.2) is 0 Å². The van der Waals surface area contributed by atoms with Gasteiger partial charge >= 0.3 is 0 Å². The van der Waals surface area contributed by atoms with E-state index in [9.17, 15) is 0 Å². The summed E-state index contributed by atoms with van der Waals surface area (Å²) in [6, 6.07) is 0. The average Bonchev–Trinajstić information content (AvgIpc) is 1.27. The molecule has 0 aromatic carbocycles. The van der Waals surface area contributed by atoms with Crippen LogP contribution in [0.25, 0.3) is 0 Å². The van der Waals surface area contributed by atoms with Crippen molar-refractivity contribution in [1.82, 2.24) is 0 Å². The fraction of sp³-hybridized carbons (Fsp3) is 1.00. The molecule has 3 aliphatic carbocycles. The third-order valence-electron chi connectivity index (χ3n) is 1.90. The predicted molar refractivity (Wildman–Crippen MR) is 34.1 cm³/mol. The molecule has 3 aliphatic rings. The van der Waals surface area contributed by atoms with Gasteiger partial charge in [0, 0.05) is 9.20 Å². The smallest absolute Gasteiger partial charge is 0.0486 e. The number of halogens is 2. The summed E-state index contributed by atoms with van der Waals surface area (Å²) in [5, 5.41) is 0. The summed E-state index contributed by atoms with van der Waals surface area (Å²) >= 11 is 9.51. The van der Waals surface area contributed by atoms with Crippen molar-refractivity contribution in [3.8, 4) is 0 Å². The third kappa shape index (κ3) is 0.437. The largest absolute Gasteiger partial charge is 0.119 e. The predicted octanol–water partition coefficient (Wildman–Crippen LogP) is 2.30. The topological polar surface area (TPSA) is 0 Å². The van der Waals surface area contributed by atoms with Gasteiger partial charge in [0.1, 0.15) is 0 Å². The van der Waals surface area contributed by atoms with E-state index in [1.54, 1.807) is 0 Å². The first kappa shape index (κ1) is 4.63. The third-order valence-corrected chi connectivity index (χ3v) is 3.14. The van der Waals surface area contributed by atoms with Gasteiger partial charge in [-0.1, -0.05) is 15.9 Å². The lowest BCUT2D eigenvalue weighted by Crippen LogP contribution is -2.65. The van der Waals surface area contributed by atoms with Crippen molar-refractivity contribution in [2.75, 3.05) is 0 Å². The van der Waals surface area contributed by atoms with E-state index in [4.69, 9.17) is 11.6 Å². The lowest BCUT2D eigenvalue weighted by Gasteiger charge is -2.64. The van der Waals surface area contributed by atoms with Crippen LogP contribution in [0, 0.1) is 0 Å². The van der Waals surface area contributed by atoms with Crippen molar-refractivity contribution in [3.05, 3.63) is 0 Å². The summed E-state index contributed by atoms with van der Waals surface area (Å²) < 4.78 is 0.509. The molecule has 2 bridgehead atoms. The van der Waals surface area contributed by atoms with Crippen LogP contribution in [0.1, 0.15) is 19.3 Å². The molecule has 3 saturated carbocycles. The Morgan fingerprint density at radius 2 is 1.71 bits per heavy atom. The second kappa shape index (κ2) is 0.906. The maximum atomic E-state index is 5.93. The van der Waals surface area contributed by atoms with Gasteiger partial charge in [-0.2, -0.15) is 0 Å². The van der Waals surface area contributed by atoms with Crippen LogP contribution < -0.4 is 0 Å². The molecule has 0 atom stereocenters. The van der Waals surface area contributed by atoms with Crippen molar-refractivity contribution in [2.24, 2.45) is 0 Å². The Labute approximate surface area is 56.4 Å². The number of rotatable bonds is 0. The molecule has 0 aliphatic heterocycles. The van der Waals surface area contributed by atoms with Crippen LogP contribution in [0.15, 0.2) is 0 Å². The van der Waals surface area contributed by atoms with Gasteiger partial charge < -0.3 is 0 Å². The fourth-order valence-electron chi connectivity index (χ4n) is 1.55. The molecule has 0 spiro atoms.